The molecule has 3 heterocycles. The Labute approximate surface area is 201 Å². The first-order chi connectivity index (χ1) is 16.1. The molecule has 180 valence electrons. The van der Waals surface area contributed by atoms with E-state index in [9.17, 15) is 14.3 Å². The fourth-order valence-corrected chi connectivity index (χ4v) is 3.94. The molecule has 2 amide bonds. The molecule has 9 nitrogen and oxygen atoms in total. The molecule has 34 heavy (non-hydrogen) atoms. The number of benzene rings is 1. The topological polar surface area (TPSA) is 116 Å². The molecule has 0 radical (unpaired) electrons. The first kappa shape index (κ1) is 23.9. The Morgan fingerprint density at radius 2 is 2.12 bits per heavy atom. The minimum Gasteiger partial charge on any atom is -0.391 e. The zero-order chi connectivity index (χ0) is 24.6. The van der Waals surface area contributed by atoms with Crippen LogP contribution in [-0.4, -0.2) is 51.9 Å². The molecule has 0 spiro atoms. The number of aliphatic hydroxyl groups is 1. The van der Waals surface area contributed by atoms with Gasteiger partial charge in [-0.15, -0.1) is 0 Å². The number of hydrogen-bond acceptors (Lipinski definition) is 6. The molecule has 1 atom stereocenters. The summed E-state index contributed by atoms with van der Waals surface area (Å²) in [5, 5.41) is 18.8. The van der Waals surface area contributed by atoms with Crippen LogP contribution in [0.25, 0.3) is 22.5 Å². The summed E-state index contributed by atoms with van der Waals surface area (Å²) >= 11 is 6.44. The lowest BCUT2D eigenvalue weighted by Gasteiger charge is -2.26. The highest BCUT2D eigenvalue weighted by Gasteiger charge is 2.25. The summed E-state index contributed by atoms with van der Waals surface area (Å²) in [6.45, 7) is 6.99. The third-order valence-electron chi connectivity index (χ3n) is 5.74. The van der Waals surface area contributed by atoms with E-state index in [2.05, 4.69) is 30.9 Å². The summed E-state index contributed by atoms with van der Waals surface area (Å²) in [5.74, 6) is 0.842. The molecule has 0 saturated carbocycles. The van der Waals surface area contributed by atoms with E-state index in [1.807, 2.05) is 31.4 Å². The minimum absolute atomic E-state index is 0.0299. The van der Waals surface area contributed by atoms with Gasteiger partial charge in [-0.3, -0.25) is 4.99 Å². The third kappa shape index (κ3) is 4.69. The van der Waals surface area contributed by atoms with E-state index in [0.717, 1.165) is 22.8 Å². The van der Waals surface area contributed by atoms with Crippen LogP contribution in [0.3, 0.4) is 0 Å². The first-order valence-electron chi connectivity index (χ1n) is 10.9. The SMILES string of the molecule is CN=c1ncc2cc(-c3cc(NC(=O)NCC(O)C(C)(C)C)c(F)cc3Cl)c3n(c-2n1)CCN3. The van der Waals surface area contributed by atoms with Gasteiger partial charge >= 0.3 is 6.03 Å². The fraction of sp³-hybridized carbons (Fsp3) is 0.391. The molecule has 0 aromatic heterocycles. The van der Waals surface area contributed by atoms with Crippen LogP contribution in [0.15, 0.2) is 29.4 Å². The summed E-state index contributed by atoms with van der Waals surface area (Å²) in [6, 6.07) is 3.91. The Balaban J connectivity index is 1.69. The standard InChI is InChI=1S/C23H27ClFN7O2/c1-23(2,3)18(33)11-29-22(34)30-17-8-13(15(24)9-16(17)25)14-7-12-10-28-21(26-4)31-19(12)32-6-5-27-20(14)32/h7-10,18,27,33H,5-6,11H2,1-4H3,(H2,29,30,34). The van der Waals surface area contributed by atoms with Crippen LogP contribution in [0.1, 0.15) is 20.8 Å². The van der Waals surface area contributed by atoms with Crippen molar-refractivity contribution in [2.75, 3.05) is 30.8 Å². The fourth-order valence-electron chi connectivity index (χ4n) is 3.69. The molecule has 11 heteroatoms. The van der Waals surface area contributed by atoms with Crippen molar-refractivity contribution in [2.45, 2.75) is 33.4 Å². The summed E-state index contributed by atoms with van der Waals surface area (Å²) in [4.78, 5) is 25.2. The number of halogens is 2. The van der Waals surface area contributed by atoms with Crippen molar-refractivity contribution in [2.24, 2.45) is 10.4 Å². The predicted molar refractivity (Wildman–Crippen MR) is 130 cm³/mol. The molecule has 4 rings (SSSR count). The highest BCUT2D eigenvalue weighted by atomic mass is 35.5. The zero-order valence-electron chi connectivity index (χ0n) is 19.4. The highest BCUT2D eigenvalue weighted by molar-refractivity contribution is 6.33. The van der Waals surface area contributed by atoms with Gasteiger partial charge < -0.3 is 25.6 Å². The molecule has 1 aromatic carbocycles. The van der Waals surface area contributed by atoms with Gasteiger partial charge in [0.1, 0.15) is 17.5 Å². The van der Waals surface area contributed by atoms with Crippen LogP contribution < -0.4 is 21.6 Å². The molecule has 1 unspecified atom stereocenters. The first-order valence-corrected chi connectivity index (χ1v) is 11.3. The minimum atomic E-state index is -0.754. The van der Waals surface area contributed by atoms with Gasteiger partial charge in [0.25, 0.3) is 0 Å². The Bertz CT molecular complexity index is 1290. The van der Waals surface area contributed by atoms with Gasteiger partial charge in [0.05, 0.1) is 16.8 Å². The highest BCUT2D eigenvalue weighted by Crippen LogP contribution is 2.41. The lowest BCUT2D eigenvalue weighted by Crippen LogP contribution is -2.41. The number of hydrogen-bond donors (Lipinski definition) is 4. The van der Waals surface area contributed by atoms with Gasteiger partial charge in [-0.2, -0.15) is 4.98 Å². The number of carbonyl (C=O) groups excluding carboxylic acids is 1. The number of aliphatic hydroxyl groups excluding tert-OH is 1. The molecule has 0 saturated heterocycles. The number of carbonyl (C=O) groups is 1. The second-order valence-electron chi connectivity index (χ2n) is 9.19. The number of pyridine rings is 1. The number of amides is 2. The van der Waals surface area contributed by atoms with Gasteiger partial charge in [-0.1, -0.05) is 32.4 Å². The molecular formula is C23H27ClFN7O2. The van der Waals surface area contributed by atoms with Crippen LogP contribution in [0.2, 0.25) is 5.02 Å². The van der Waals surface area contributed by atoms with E-state index in [-0.39, 0.29) is 17.3 Å². The van der Waals surface area contributed by atoms with E-state index in [4.69, 9.17) is 11.6 Å². The lowest BCUT2D eigenvalue weighted by atomic mass is 9.89. The van der Waals surface area contributed by atoms with Gasteiger partial charge in [0, 0.05) is 49.6 Å². The second-order valence-corrected chi connectivity index (χ2v) is 9.59. The number of aromatic nitrogens is 3. The van der Waals surface area contributed by atoms with Crippen LogP contribution in [0.4, 0.5) is 20.7 Å². The van der Waals surface area contributed by atoms with E-state index in [1.165, 1.54) is 12.1 Å². The van der Waals surface area contributed by atoms with E-state index in [0.29, 0.717) is 24.3 Å². The molecule has 0 fully saturated rings. The maximum Gasteiger partial charge on any atom is 0.319 e. The van der Waals surface area contributed by atoms with Crippen molar-refractivity contribution < 1.29 is 14.3 Å². The Morgan fingerprint density at radius 3 is 2.82 bits per heavy atom. The molecule has 4 N–H and O–H groups in total. The Morgan fingerprint density at radius 1 is 1.35 bits per heavy atom. The van der Waals surface area contributed by atoms with Crippen molar-refractivity contribution in [3.63, 3.8) is 0 Å². The van der Waals surface area contributed by atoms with Crippen molar-refractivity contribution in [3.8, 4) is 22.5 Å². The Kier molecular flexibility index (Phi) is 6.46. The maximum absolute atomic E-state index is 14.7. The van der Waals surface area contributed by atoms with Crippen molar-refractivity contribution in [1.29, 1.82) is 0 Å². The van der Waals surface area contributed by atoms with E-state index in [1.54, 1.807) is 13.2 Å². The van der Waals surface area contributed by atoms with Crippen LogP contribution >= 0.6 is 11.6 Å². The van der Waals surface area contributed by atoms with E-state index < -0.39 is 23.4 Å². The molecular weight excluding hydrogens is 461 g/mol. The smallest absolute Gasteiger partial charge is 0.319 e. The van der Waals surface area contributed by atoms with Crippen molar-refractivity contribution in [3.05, 3.63) is 40.9 Å². The molecule has 3 aliphatic heterocycles. The second kappa shape index (κ2) is 9.19. The number of urea groups is 1. The van der Waals surface area contributed by atoms with E-state index >= 15 is 0 Å². The van der Waals surface area contributed by atoms with Gasteiger partial charge in [-0.05, 0) is 23.6 Å². The van der Waals surface area contributed by atoms with Crippen LogP contribution in [-0.2, 0) is 6.54 Å². The number of rotatable bonds is 4. The lowest BCUT2D eigenvalue weighted by molar-refractivity contribution is 0.0654. The predicted octanol–water partition coefficient (Wildman–Crippen LogP) is 3.33. The van der Waals surface area contributed by atoms with Gasteiger partial charge in [-0.25, -0.2) is 14.2 Å². The van der Waals surface area contributed by atoms with Crippen LogP contribution in [0, 0.1) is 11.2 Å². The van der Waals surface area contributed by atoms with Gasteiger partial charge in [0.2, 0.25) is 5.62 Å². The summed E-state index contributed by atoms with van der Waals surface area (Å²) in [5.41, 5.74) is 2.00. The zero-order valence-corrected chi connectivity index (χ0v) is 20.2. The normalized spacial score (nSPS) is 14.6. The summed E-state index contributed by atoms with van der Waals surface area (Å²) in [6.07, 6.45) is 0.931. The quantitative estimate of drug-likeness (QED) is 0.450. The van der Waals surface area contributed by atoms with Crippen LogP contribution in [0.5, 0.6) is 0 Å². The number of anilines is 2. The molecule has 0 bridgehead atoms. The Hall–Kier alpha value is -3.24. The van der Waals surface area contributed by atoms with Crippen molar-refractivity contribution >= 4 is 29.1 Å². The number of fused-ring (bicyclic) bond motifs is 3. The van der Waals surface area contributed by atoms with Crippen molar-refractivity contribution in [1.82, 2.24) is 19.9 Å². The third-order valence-corrected chi connectivity index (χ3v) is 6.06. The average Bonchev–Trinajstić information content (AvgIpc) is 3.28. The number of nitrogens with zero attached hydrogens (tertiary/aromatic N) is 4. The number of nitrogens with one attached hydrogen (secondary N) is 3. The molecule has 0 aliphatic carbocycles. The molecule has 3 aliphatic rings. The largest absolute Gasteiger partial charge is 0.391 e. The van der Waals surface area contributed by atoms with Gasteiger partial charge in [0.15, 0.2) is 0 Å². The monoisotopic (exact) mass is 487 g/mol. The summed E-state index contributed by atoms with van der Waals surface area (Å²) < 4.78 is 16.7. The molecule has 1 aromatic rings. The maximum atomic E-state index is 14.7. The average molecular weight is 488 g/mol. The summed E-state index contributed by atoms with van der Waals surface area (Å²) in [7, 11) is 1.63.